The Kier molecular flexibility index (Phi) is 3.56. The lowest BCUT2D eigenvalue weighted by molar-refractivity contribution is 0.0651. The van der Waals surface area contributed by atoms with E-state index in [0.29, 0.717) is 12.8 Å². The van der Waals surface area contributed by atoms with E-state index >= 15 is 0 Å². The number of carboxylic acid groups (broad SMARTS) is 1. The zero-order valence-corrected chi connectivity index (χ0v) is 10.6. The number of hydrogen-bond donors (Lipinski definition) is 2. The minimum Gasteiger partial charge on any atom is -0.475 e. The Balaban J connectivity index is 2.02. The van der Waals surface area contributed by atoms with Gasteiger partial charge in [-0.2, -0.15) is 0 Å². The summed E-state index contributed by atoms with van der Waals surface area (Å²) in [4.78, 5) is 22.3. The number of hydrogen-bond acceptors (Lipinski definition) is 6. The van der Waals surface area contributed by atoms with E-state index in [1.165, 1.54) is 0 Å². The number of aromatic carboxylic acids is 1. The Morgan fingerprint density at radius 3 is 2.79 bits per heavy atom. The number of rotatable bonds is 3. The molecule has 0 saturated carbocycles. The molecule has 9 heteroatoms. The summed E-state index contributed by atoms with van der Waals surface area (Å²) in [6.45, 7) is 0. The van der Waals surface area contributed by atoms with Gasteiger partial charge in [-0.25, -0.2) is 13.2 Å². The first-order valence-corrected chi connectivity index (χ1v) is 7.41. The fraction of sp³-hybridized carbons (Fsp3) is 0.500. The van der Waals surface area contributed by atoms with E-state index in [9.17, 15) is 18.0 Å². The van der Waals surface area contributed by atoms with Gasteiger partial charge in [-0.1, -0.05) is 5.16 Å². The highest BCUT2D eigenvalue weighted by atomic mass is 32.2. The van der Waals surface area contributed by atoms with Crippen molar-refractivity contribution in [2.45, 2.75) is 18.9 Å². The van der Waals surface area contributed by atoms with Gasteiger partial charge in [0.2, 0.25) is 5.76 Å². The van der Waals surface area contributed by atoms with Crippen molar-refractivity contribution in [1.82, 2.24) is 10.5 Å². The van der Waals surface area contributed by atoms with Crippen LogP contribution in [0.1, 0.15) is 33.9 Å². The largest absolute Gasteiger partial charge is 0.475 e. The topological polar surface area (TPSA) is 127 Å². The van der Waals surface area contributed by atoms with Gasteiger partial charge in [-0.05, 0) is 12.8 Å². The number of carboxylic acids is 1. The van der Waals surface area contributed by atoms with Gasteiger partial charge in [0.25, 0.3) is 5.91 Å². The van der Waals surface area contributed by atoms with Gasteiger partial charge in [-0.3, -0.25) is 4.79 Å². The first kappa shape index (κ1) is 13.5. The number of nitrogens with zero attached hydrogens (tertiary/aromatic N) is 1. The Morgan fingerprint density at radius 2 is 2.21 bits per heavy atom. The summed E-state index contributed by atoms with van der Waals surface area (Å²) in [7, 11) is -3.12. The lowest BCUT2D eigenvalue weighted by Gasteiger charge is -2.22. The second kappa shape index (κ2) is 5.00. The Hall–Kier alpha value is -1.90. The molecule has 1 aliphatic heterocycles. The molecule has 104 valence electrons. The molecular formula is C10H12N2O6S. The molecule has 1 aliphatic rings. The molecule has 1 fully saturated rings. The maximum Gasteiger partial charge on any atom is 0.374 e. The second-order valence-electron chi connectivity index (χ2n) is 4.31. The molecule has 0 aromatic carbocycles. The maximum atomic E-state index is 11.7. The summed E-state index contributed by atoms with van der Waals surface area (Å²) >= 11 is 0. The van der Waals surface area contributed by atoms with Crippen molar-refractivity contribution in [2.75, 3.05) is 11.5 Å². The smallest absolute Gasteiger partial charge is 0.374 e. The van der Waals surface area contributed by atoms with Crippen LogP contribution >= 0.6 is 0 Å². The first-order valence-electron chi connectivity index (χ1n) is 5.59. The van der Waals surface area contributed by atoms with Crippen LogP contribution in [0.2, 0.25) is 0 Å². The summed E-state index contributed by atoms with van der Waals surface area (Å²) in [5.74, 6) is -2.39. The van der Waals surface area contributed by atoms with Crippen molar-refractivity contribution in [2.24, 2.45) is 0 Å². The fourth-order valence-electron chi connectivity index (χ4n) is 1.88. The van der Waals surface area contributed by atoms with Crippen molar-refractivity contribution in [1.29, 1.82) is 0 Å². The lowest BCUT2D eigenvalue weighted by atomic mass is 10.2. The number of nitrogens with one attached hydrogen (secondary N) is 1. The minimum absolute atomic E-state index is 0.109. The highest BCUT2D eigenvalue weighted by Gasteiger charge is 2.27. The standard InChI is InChI=1S/C10H12N2O6S/c13-9(7-4-8(10(14)15)18-12-7)11-6-2-1-3-19(16,17)5-6/h4,6H,1-3,5H2,(H,11,13)(H,14,15). The molecule has 0 bridgehead atoms. The molecule has 1 saturated heterocycles. The number of amides is 1. The monoisotopic (exact) mass is 288 g/mol. The Bertz CT molecular complexity index is 605. The van der Waals surface area contributed by atoms with Crippen molar-refractivity contribution in [3.63, 3.8) is 0 Å². The van der Waals surface area contributed by atoms with E-state index in [0.717, 1.165) is 6.07 Å². The van der Waals surface area contributed by atoms with E-state index in [1.54, 1.807) is 0 Å². The van der Waals surface area contributed by atoms with Gasteiger partial charge < -0.3 is 14.9 Å². The zero-order valence-electron chi connectivity index (χ0n) is 9.83. The average Bonchev–Trinajstić information content (AvgIpc) is 2.76. The van der Waals surface area contributed by atoms with Crippen LogP contribution in [0.4, 0.5) is 0 Å². The summed E-state index contributed by atoms with van der Waals surface area (Å²) < 4.78 is 27.3. The van der Waals surface area contributed by atoms with Crippen molar-refractivity contribution < 1.29 is 27.6 Å². The zero-order chi connectivity index (χ0) is 14.0. The fourth-order valence-corrected chi connectivity index (χ4v) is 3.52. The number of sulfone groups is 1. The molecule has 1 aromatic heterocycles. The van der Waals surface area contributed by atoms with Crippen LogP contribution in [-0.4, -0.2) is 48.1 Å². The lowest BCUT2D eigenvalue weighted by Crippen LogP contribution is -2.43. The summed E-state index contributed by atoms with van der Waals surface area (Å²) in [5, 5.41) is 14.5. The minimum atomic E-state index is -3.12. The summed E-state index contributed by atoms with van der Waals surface area (Å²) in [6, 6.07) is 0.519. The molecule has 19 heavy (non-hydrogen) atoms. The normalized spacial score (nSPS) is 21.8. The quantitative estimate of drug-likeness (QED) is 0.780. The van der Waals surface area contributed by atoms with E-state index in [4.69, 9.17) is 5.11 Å². The van der Waals surface area contributed by atoms with Gasteiger partial charge in [-0.15, -0.1) is 0 Å². The number of carbonyl (C=O) groups is 2. The molecule has 1 unspecified atom stereocenters. The van der Waals surface area contributed by atoms with E-state index in [2.05, 4.69) is 15.0 Å². The molecule has 2 N–H and O–H groups in total. The molecule has 2 rings (SSSR count). The van der Waals surface area contributed by atoms with Crippen LogP contribution in [-0.2, 0) is 9.84 Å². The third-order valence-electron chi connectivity index (χ3n) is 2.75. The SMILES string of the molecule is O=C(NC1CCCS(=O)(=O)C1)c1cc(C(=O)O)on1. The van der Waals surface area contributed by atoms with E-state index in [1.807, 2.05) is 0 Å². The van der Waals surface area contributed by atoms with Crippen molar-refractivity contribution in [3.05, 3.63) is 17.5 Å². The van der Waals surface area contributed by atoms with Crippen LogP contribution < -0.4 is 5.32 Å². The van der Waals surface area contributed by atoms with Gasteiger partial charge in [0.15, 0.2) is 15.5 Å². The molecule has 1 amide bonds. The second-order valence-corrected chi connectivity index (χ2v) is 6.54. The van der Waals surface area contributed by atoms with E-state index in [-0.39, 0.29) is 17.2 Å². The van der Waals surface area contributed by atoms with Crippen LogP contribution in [0.15, 0.2) is 10.6 Å². The predicted molar refractivity (Wildman–Crippen MR) is 62.6 cm³/mol. The highest BCUT2D eigenvalue weighted by Crippen LogP contribution is 2.13. The molecule has 0 radical (unpaired) electrons. The maximum absolute atomic E-state index is 11.7. The molecule has 1 aromatic rings. The van der Waals surface area contributed by atoms with E-state index < -0.39 is 33.5 Å². The van der Waals surface area contributed by atoms with Crippen LogP contribution in [0.25, 0.3) is 0 Å². The first-order chi connectivity index (χ1) is 8.87. The van der Waals surface area contributed by atoms with Crippen molar-refractivity contribution >= 4 is 21.7 Å². The number of carbonyl (C=O) groups excluding carboxylic acids is 1. The summed E-state index contributed by atoms with van der Waals surface area (Å²) in [5.41, 5.74) is -0.180. The van der Waals surface area contributed by atoms with Crippen molar-refractivity contribution in [3.8, 4) is 0 Å². The third kappa shape index (κ3) is 3.31. The third-order valence-corrected chi connectivity index (χ3v) is 4.57. The molecule has 1 atom stereocenters. The van der Waals surface area contributed by atoms with Gasteiger partial charge >= 0.3 is 5.97 Å². The molecule has 8 nitrogen and oxygen atoms in total. The van der Waals surface area contributed by atoms with Gasteiger partial charge in [0, 0.05) is 12.1 Å². The molecule has 0 aliphatic carbocycles. The van der Waals surface area contributed by atoms with Crippen LogP contribution in [0.3, 0.4) is 0 Å². The summed E-state index contributed by atoms with van der Waals surface area (Å²) in [6.07, 6.45) is 1.06. The average molecular weight is 288 g/mol. The Morgan fingerprint density at radius 1 is 1.47 bits per heavy atom. The van der Waals surface area contributed by atoms with Gasteiger partial charge in [0.1, 0.15) is 0 Å². The molecule has 2 heterocycles. The van der Waals surface area contributed by atoms with Gasteiger partial charge in [0.05, 0.1) is 11.5 Å². The molecule has 0 spiro atoms. The van der Waals surface area contributed by atoms with Crippen LogP contribution in [0.5, 0.6) is 0 Å². The number of aromatic nitrogens is 1. The van der Waals surface area contributed by atoms with Crippen LogP contribution in [0, 0.1) is 0 Å². The molecular weight excluding hydrogens is 276 g/mol. The highest BCUT2D eigenvalue weighted by molar-refractivity contribution is 7.91. The Labute approximate surface area is 108 Å². The predicted octanol–water partition coefficient (Wildman–Crippen LogP) is -0.320.